The Morgan fingerprint density at radius 3 is 2.91 bits per heavy atom. The van der Waals surface area contributed by atoms with Crippen LogP contribution in [0.4, 0.5) is 0 Å². The van der Waals surface area contributed by atoms with E-state index in [-0.39, 0.29) is 0 Å². The Hall–Kier alpha value is 0.0200. The Bertz CT molecular complexity index is 165. The molecule has 0 aromatic rings. The van der Waals surface area contributed by atoms with Crippen LogP contribution in [0, 0.1) is 5.92 Å². The standard InChI is InChI=1S/C9H14OS/c10-8-5-1-3-7-4-2-6-11-9(7)8/h7,9H,1-6H2/t7-,9-/m0/s1. The van der Waals surface area contributed by atoms with Gasteiger partial charge in [0, 0.05) is 6.42 Å². The lowest BCUT2D eigenvalue weighted by atomic mass is 9.84. The fourth-order valence-corrected chi connectivity index (χ4v) is 3.61. The van der Waals surface area contributed by atoms with Crippen molar-refractivity contribution in [3.8, 4) is 0 Å². The molecule has 0 aromatic carbocycles. The van der Waals surface area contributed by atoms with Gasteiger partial charge in [-0.2, -0.15) is 11.8 Å². The van der Waals surface area contributed by atoms with Crippen molar-refractivity contribution < 1.29 is 4.79 Å². The molecule has 2 rings (SSSR count). The van der Waals surface area contributed by atoms with Crippen LogP contribution in [-0.4, -0.2) is 16.8 Å². The van der Waals surface area contributed by atoms with Gasteiger partial charge in [0.2, 0.25) is 0 Å². The number of hydrogen-bond acceptors (Lipinski definition) is 2. The van der Waals surface area contributed by atoms with Gasteiger partial charge in [0.15, 0.2) is 0 Å². The van der Waals surface area contributed by atoms with Crippen molar-refractivity contribution in [2.75, 3.05) is 5.75 Å². The second kappa shape index (κ2) is 3.18. The number of carbonyl (C=O) groups is 1. The second-order valence-electron chi connectivity index (χ2n) is 3.55. The van der Waals surface area contributed by atoms with Crippen molar-refractivity contribution in [3.05, 3.63) is 0 Å². The average molecular weight is 170 g/mol. The van der Waals surface area contributed by atoms with Gasteiger partial charge < -0.3 is 0 Å². The van der Waals surface area contributed by atoms with Crippen LogP contribution in [0.25, 0.3) is 0 Å². The summed E-state index contributed by atoms with van der Waals surface area (Å²) in [5.74, 6) is 2.49. The lowest BCUT2D eigenvalue weighted by Gasteiger charge is -2.33. The van der Waals surface area contributed by atoms with E-state index in [1.54, 1.807) is 0 Å². The summed E-state index contributed by atoms with van der Waals surface area (Å²) in [4.78, 5) is 11.4. The molecule has 1 saturated carbocycles. The van der Waals surface area contributed by atoms with Crippen molar-refractivity contribution >= 4 is 17.5 Å². The van der Waals surface area contributed by atoms with Crippen LogP contribution in [0.5, 0.6) is 0 Å². The van der Waals surface area contributed by atoms with Gasteiger partial charge in [0.1, 0.15) is 5.78 Å². The minimum absolute atomic E-state index is 0.400. The van der Waals surface area contributed by atoms with Gasteiger partial charge in [0.05, 0.1) is 5.25 Å². The third-order valence-electron chi connectivity index (χ3n) is 2.76. The third kappa shape index (κ3) is 1.46. The molecule has 1 nitrogen and oxygen atoms in total. The van der Waals surface area contributed by atoms with Gasteiger partial charge in [-0.25, -0.2) is 0 Å². The van der Waals surface area contributed by atoms with Gasteiger partial charge in [0.25, 0.3) is 0 Å². The zero-order valence-electron chi connectivity index (χ0n) is 6.71. The molecule has 1 aliphatic carbocycles. The van der Waals surface area contributed by atoms with E-state index in [0.29, 0.717) is 11.0 Å². The Balaban J connectivity index is 2.05. The molecule has 0 amide bonds. The zero-order valence-corrected chi connectivity index (χ0v) is 7.53. The highest BCUT2D eigenvalue weighted by atomic mass is 32.2. The fraction of sp³-hybridized carbons (Fsp3) is 0.889. The molecule has 1 saturated heterocycles. The summed E-state index contributed by atoms with van der Waals surface area (Å²) < 4.78 is 0. The maximum Gasteiger partial charge on any atom is 0.146 e. The molecule has 2 atom stereocenters. The summed E-state index contributed by atoms with van der Waals surface area (Å²) >= 11 is 1.91. The first-order valence-corrected chi connectivity index (χ1v) is 5.57. The normalized spacial score (nSPS) is 38.4. The summed E-state index contributed by atoms with van der Waals surface area (Å²) in [6, 6.07) is 0. The van der Waals surface area contributed by atoms with E-state index in [4.69, 9.17) is 0 Å². The number of rotatable bonds is 0. The first kappa shape index (κ1) is 7.66. The SMILES string of the molecule is O=C1CCC[C@H]2CCCS[C@H]12. The van der Waals surface area contributed by atoms with Gasteiger partial charge in [-0.15, -0.1) is 0 Å². The minimum Gasteiger partial charge on any atom is -0.298 e. The van der Waals surface area contributed by atoms with Crippen molar-refractivity contribution in [2.45, 2.75) is 37.4 Å². The lowest BCUT2D eigenvalue weighted by Crippen LogP contribution is -2.33. The summed E-state index contributed by atoms with van der Waals surface area (Å²) in [5.41, 5.74) is 0. The number of hydrogen-bond donors (Lipinski definition) is 0. The summed E-state index contributed by atoms with van der Waals surface area (Å²) in [6.07, 6.45) is 5.96. The van der Waals surface area contributed by atoms with Gasteiger partial charge in [-0.05, 0) is 37.4 Å². The predicted molar refractivity (Wildman–Crippen MR) is 47.8 cm³/mol. The third-order valence-corrected chi connectivity index (χ3v) is 4.29. The van der Waals surface area contributed by atoms with Crippen LogP contribution < -0.4 is 0 Å². The highest BCUT2D eigenvalue weighted by molar-refractivity contribution is 8.00. The van der Waals surface area contributed by atoms with Crippen molar-refractivity contribution in [1.82, 2.24) is 0 Å². The van der Waals surface area contributed by atoms with E-state index >= 15 is 0 Å². The molecule has 1 aliphatic heterocycles. The van der Waals surface area contributed by atoms with Crippen LogP contribution in [0.2, 0.25) is 0 Å². The maximum absolute atomic E-state index is 11.4. The molecule has 1 heterocycles. The van der Waals surface area contributed by atoms with Gasteiger partial charge in [-0.1, -0.05) is 0 Å². The zero-order chi connectivity index (χ0) is 7.68. The molecule has 0 radical (unpaired) electrons. The van der Waals surface area contributed by atoms with E-state index in [0.717, 1.165) is 18.8 Å². The van der Waals surface area contributed by atoms with Crippen molar-refractivity contribution in [2.24, 2.45) is 5.92 Å². The molecule has 62 valence electrons. The topological polar surface area (TPSA) is 17.1 Å². The predicted octanol–water partition coefficient (Wildman–Crippen LogP) is 2.25. The van der Waals surface area contributed by atoms with Crippen LogP contribution in [0.1, 0.15) is 32.1 Å². The first-order valence-electron chi connectivity index (χ1n) is 4.52. The van der Waals surface area contributed by atoms with Crippen LogP contribution >= 0.6 is 11.8 Å². The molecule has 2 fully saturated rings. The Morgan fingerprint density at radius 1 is 1.27 bits per heavy atom. The summed E-state index contributed by atoms with van der Waals surface area (Å²) in [5, 5.41) is 0.400. The molecule has 2 heteroatoms. The number of carbonyl (C=O) groups excluding carboxylic acids is 1. The van der Waals surface area contributed by atoms with Crippen LogP contribution in [0.15, 0.2) is 0 Å². The Morgan fingerprint density at radius 2 is 2.09 bits per heavy atom. The lowest BCUT2D eigenvalue weighted by molar-refractivity contribution is -0.121. The van der Waals surface area contributed by atoms with E-state index < -0.39 is 0 Å². The fourth-order valence-electron chi connectivity index (χ4n) is 2.18. The highest BCUT2D eigenvalue weighted by Gasteiger charge is 2.33. The van der Waals surface area contributed by atoms with Crippen LogP contribution in [0.3, 0.4) is 0 Å². The van der Waals surface area contributed by atoms with Crippen molar-refractivity contribution in [3.63, 3.8) is 0 Å². The average Bonchev–Trinajstić information content (AvgIpc) is 2.06. The second-order valence-corrected chi connectivity index (χ2v) is 4.80. The Labute approximate surface area is 71.9 Å². The summed E-state index contributed by atoms with van der Waals surface area (Å²) in [7, 11) is 0. The molecule has 0 aromatic heterocycles. The number of fused-ring (bicyclic) bond motifs is 1. The quantitative estimate of drug-likeness (QED) is 0.554. The minimum atomic E-state index is 0.400. The Kier molecular flexibility index (Phi) is 2.21. The van der Waals surface area contributed by atoms with E-state index in [1.807, 2.05) is 11.8 Å². The molecule has 0 spiro atoms. The molecule has 2 aliphatic rings. The number of thioether (sulfide) groups is 1. The van der Waals surface area contributed by atoms with Gasteiger partial charge >= 0.3 is 0 Å². The molecule has 0 bridgehead atoms. The molecule has 11 heavy (non-hydrogen) atoms. The van der Waals surface area contributed by atoms with E-state index in [9.17, 15) is 4.79 Å². The smallest absolute Gasteiger partial charge is 0.146 e. The maximum atomic E-state index is 11.4. The van der Waals surface area contributed by atoms with E-state index in [1.165, 1.54) is 25.0 Å². The number of ketones is 1. The van der Waals surface area contributed by atoms with Crippen molar-refractivity contribution in [1.29, 1.82) is 0 Å². The first-order chi connectivity index (χ1) is 5.38. The molecular weight excluding hydrogens is 156 g/mol. The molecular formula is C9H14OS. The largest absolute Gasteiger partial charge is 0.298 e. The molecule has 0 N–H and O–H groups in total. The highest BCUT2D eigenvalue weighted by Crippen LogP contribution is 2.38. The summed E-state index contributed by atoms with van der Waals surface area (Å²) in [6.45, 7) is 0. The van der Waals surface area contributed by atoms with E-state index in [2.05, 4.69) is 0 Å². The van der Waals surface area contributed by atoms with Gasteiger partial charge in [-0.3, -0.25) is 4.79 Å². The monoisotopic (exact) mass is 170 g/mol. The van der Waals surface area contributed by atoms with Crippen LogP contribution in [-0.2, 0) is 4.79 Å². The molecule has 0 unspecified atom stereocenters. The number of Topliss-reactive ketones (excluding diaryl/α,β-unsaturated/α-hetero) is 1.